The van der Waals surface area contributed by atoms with E-state index in [4.69, 9.17) is 0 Å². The standard InChI is InChI=1S/C21H19F/c1-21(18-11-7-4-8-12-18,17-9-5-2-3-6-10-17)19-13-15-20(22)16-14-19/h2-9,11-16H,10H2,1H3. The Balaban J connectivity index is 2.18. The van der Waals surface area contributed by atoms with Crippen molar-refractivity contribution in [2.24, 2.45) is 0 Å². The van der Waals surface area contributed by atoms with Gasteiger partial charge in [0.05, 0.1) is 0 Å². The van der Waals surface area contributed by atoms with Crippen LogP contribution in [0.1, 0.15) is 24.5 Å². The van der Waals surface area contributed by atoms with Gasteiger partial charge < -0.3 is 0 Å². The minimum atomic E-state index is -0.270. The Labute approximate surface area is 131 Å². The fourth-order valence-corrected chi connectivity index (χ4v) is 3.04. The van der Waals surface area contributed by atoms with Crippen LogP contribution in [0.4, 0.5) is 4.39 Å². The average Bonchev–Trinajstić information content (AvgIpc) is 2.85. The van der Waals surface area contributed by atoms with Crippen molar-refractivity contribution >= 4 is 0 Å². The zero-order valence-corrected chi connectivity index (χ0v) is 12.7. The molecule has 1 unspecified atom stereocenters. The first-order chi connectivity index (χ1) is 10.7. The van der Waals surface area contributed by atoms with Gasteiger partial charge in [-0.2, -0.15) is 0 Å². The van der Waals surface area contributed by atoms with Crippen LogP contribution < -0.4 is 0 Å². The highest BCUT2D eigenvalue weighted by Crippen LogP contribution is 2.41. The van der Waals surface area contributed by atoms with Crippen molar-refractivity contribution < 1.29 is 4.39 Å². The Morgan fingerprint density at radius 3 is 2.23 bits per heavy atom. The number of hydrogen-bond donors (Lipinski definition) is 0. The summed E-state index contributed by atoms with van der Waals surface area (Å²) in [6.07, 6.45) is 11.4. The van der Waals surface area contributed by atoms with Crippen LogP contribution >= 0.6 is 0 Å². The molecule has 0 fully saturated rings. The molecular weight excluding hydrogens is 271 g/mol. The van der Waals surface area contributed by atoms with Gasteiger partial charge >= 0.3 is 0 Å². The van der Waals surface area contributed by atoms with Gasteiger partial charge in [-0.1, -0.05) is 78.4 Å². The van der Waals surface area contributed by atoms with E-state index in [-0.39, 0.29) is 11.2 Å². The molecule has 110 valence electrons. The summed E-state index contributed by atoms with van der Waals surface area (Å²) >= 11 is 0. The van der Waals surface area contributed by atoms with E-state index in [2.05, 4.69) is 55.5 Å². The first kappa shape index (κ1) is 14.5. The molecule has 1 atom stereocenters. The smallest absolute Gasteiger partial charge is 0.123 e. The average molecular weight is 290 g/mol. The normalized spacial score (nSPS) is 16.7. The molecule has 22 heavy (non-hydrogen) atoms. The lowest BCUT2D eigenvalue weighted by Crippen LogP contribution is -2.26. The number of allylic oxidation sites excluding steroid dienone is 6. The summed E-state index contributed by atoms with van der Waals surface area (Å²) in [5.41, 5.74) is 3.36. The quantitative estimate of drug-likeness (QED) is 0.692. The van der Waals surface area contributed by atoms with Crippen molar-refractivity contribution in [2.45, 2.75) is 18.8 Å². The Morgan fingerprint density at radius 1 is 0.818 bits per heavy atom. The van der Waals surface area contributed by atoms with Gasteiger partial charge in [-0.05, 0) is 36.6 Å². The molecule has 0 radical (unpaired) electrons. The van der Waals surface area contributed by atoms with E-state index in [1.165, 1.54) is 11.1 Å². The topological polar surface area (TPSA) is 0 Å². The second-order valence-electron chi connectivity index (χ2n) is 5.71. The molecule has 1 heteroatoms. The third-order valence-corrected chi connectivity index (χ3v) is 4.41. The van der Waals surface area contributed by atoms with Crippen molar-refractivity contribution in [3.8, 4) is 0 Å². The summed E-state index contributed by atoms with van der Waals surface area (Å²) in [6.45, 7) is 2.22. The van der Waals surface area contributed by atoms with Gasteiger partial charge in [-0.25, -0.2) is 4.39 Å². The lowest BCUT2D eigenvalue weighted by Gasteiger charge is -2.33. The molecule has 0 saturated carbocycles. The SMILES string of the molecule is CC(C1=CC=CC=CC1)(c1ccccc1)c1ccc(F)cc1. The maximum Gasteiger partial charge on any atom is 0.123 e. The van der Waals surface area contributed by atoms with E-state index in [1.54, 1.807) is 12.1 Å². The number of halogens is 1. The van der Waals surface area contributed by atoms with Crippen molar-refractivity contribution in [1.29, 1.82) is 0 Å². The highest BCUT2D eigenvalue weighted by atomic mass is 19.1. The van der Waals surface area contributed by atoms with Crippen LogP contribution in [0.2, 0.25) is 0 Å². The molecule has 0 N–H and O–H groups in total. The fourth-order valence-electron chi connectivity index (χ4n) is 3.04. The molecule has 0 amide bonds. The molecule has 0 aromatic heterocycles. The fraction of sp³-hybridized carbons (Fsp3) is 0.143. The van der Waals surface area contributed by atoms with Crippen LogP contribution in [0.3, 0.4) is 0 Å². The molecule has 1 aliphatic carbocycles. The molecule has 0 aliphatic heterocycles. The maximum absolute atomic E-state index is 13.3. The van der Waals surface area contributed by atoms with E-state index in [1.807, 2.05) is 24.3 Å². The minimum Gasteiger partial charge on any atom is -0.207 e. The zero-order chi connectivity index (χ0) is 15.4. The van der Waals surface area contributed by atoms with Crippen LogP contribution in [0, 0.1) is 5.82 Å². The number of rotatable bonds is 3. The van der Waals surface area contributed by atoms with Crippen LogP contribution in [-0.2, 0) is 5.41 Å². The van der Waals surface area contributed by atoms with Crippen molar-refractivity contribution in [1.82, 2.24) is 0 Å². The molecule has 0 bridgehead atoms. The number of benzene rings is 2. The Hall–Kier alpha value is -2.41. The van der Waals surface area contributed by atoms with Crippen LogP contribution in [0.15, 0.2) is 90.6 Å². The second kappa shape index (κ2) is 6.15. The highest BCUT2D eigenvalue weighted by molar-refractivity contribution is 5.49. The second-order valence-corrected chi connectivity index (χ2v) is 5.71. The predicted octanol–water partition coefficient (Wildman–Crippen LogP) is 5.57. The van der Waals surface area contributed by atoms with Crippen molar-refractivity contribution in [2.75, 3.05) is 0 Å². The third kappa shape index (κ3) is 2.67. The summed E-state index contributed by atoms with van der Waals surface area (Å²) < 4.78 is 13.3. The Morgan fingerprint density at radius 2 is 1.50 bits per heavy atom. The summed E-state index contributed by atoms with van der Waals surface area (Å²) in [5.74, 6) is -0.200. The molecule has 0 heterocycles. The van der Waals surface area contributed by atoms with E-state index in [0.717, 1.165) is 12.0 Å². The Kier molecular flexibility index (Phi) is 4.06. The Bertz CT molecular complexity index is 720. The van der Waals surface area contributed by atoms with Crippen LogP contribution in [-0.4, -0.2) is 0 Å². The molecule has 2 aromatic rings. The molecule has 2 aromatic carbocycles. The van der Waals surface area contributed by atoms with Gasteiger partial charge in [0.15, 0.2) is 0 Å². The molecule has 3 rings (SSSR count). The summed E-state index contributed by atoms with van der Waals surface area (Å²) in [5, 5.41) is 0. The van der Waals surface area contributed by atoms with Gasteiger partial charge in [0.2, 0.25) is 0 Å². The molecular formula is C21H19F. The van der Waals surface area contributed by atoms with Gasteiger partial charge in [-0.15, -0.1) is 0 Å². The molecule has 0 nitrogen and oxygen atoms in total. The zero-order valence-electron chi connectivity index (χ0n) is 12.7. The van der Waals surface area contributed by atoms with Gasteiger partial charge in [-0.3, -0.25) is 0 Å². The monoisotopic (exact) mass is 290 g/mol. The lowest BCUT2D eigenvalue weighted by atomic mass is 9.69. The first-order valence-corrected chi connectivity index (χ1v) is 7.55. The van der Waals surface area contributed by atoms with E-state index in [9.17, 15) is 4.39 Å². The molecule has 1 aliphatic rings. The minimum absolute atomic E-state index is 0.200. The summed E-state index contributed by atoms with van der Waals surface area (Å²) in [6, 6.07) is 17.3. The summed E-state index contributed by atoms with van der Waals surface area (Å²) in [4.78, 5) is 0. The summed E-state index contributed by atoms with van der Waals surface area (Å²) in [7, 11) is 0. The molecule has 0 spiro atoms. The van der Waals surface area contributed by atoms with E-state index in [0.29, 0.717) is 0 Å². The third-order valence-electron chi connectivity index (χ3n) is 4.41. The highest BCUT2D eigenvalue weighted by Gasteiger charge is 2.32. The predicted molar refractivity (Wildman–Crippen MR) is 90.3 cm³/mol. The lowest BCUT2D eigenvalue weighted by molar-refractivity contribution is 0.618. The molecule has 0 saturated heterocycles. The van der Waals surface area contributed by atoms with Crippen LogP contribution in [0.25, 0.3) is 0 Å². The van der Waals surface area contributed by atoms with Gasteiger partial charge in [0, 0.05) is 5.41 Å². The van der Waals surface area contributed by atoms with E-state index >= 15 is 0 Å². The largest absolute Gasteiger partial charge is 0.207 e. The van der Waals surface area contributed by atoms with Gasteiger partial charge in [0.25, 0.3) is 0 Å². The van der Waals surface area contributed by atoms with E-state index < -0.39 is 0 Å². The van der Waals surface area contributed by atoms with Crippen molar-refractivity contribution in [3.63, 3.8) is 0 Å². The van der Waals surface area contributed by atoms with Gasteiger partial charge in [0.1, 0.15) is 5.82 Å². The van der Waals surface area contributed by atoms with Crippen molar-refractivity contribution in [3.05, 3.63) is 107 Å². The first-order valence-electron chi connectivity index (χ1n) is 7.55. The maximum atomic E-state index is 13.3. The number of hydrogen-bond acceptors (Lipinski definition) is 0. The van der Waals surface area contributed by atoms with Crippen LogP contribution in [0.5, 0.6) is 0 Å².